The average Bonchev–Trinajstić information content (AvgIpc) is 2.26. The summed E-state index contributed by atoms with van der Waals surface area (Å²) in [5.41, 5.74) is 1.11. The maximum atomic E-state index is 11.6. The highest BCUT2D eigenvalue weighted by Gasteiger charge is 2.26. The van der Waals surface area contributed by atoms with Gasteiger partial charge < -0.3 is 10.0 Å². The molecule has 1 aliphatic heterocycles. The van der Waals surface area contributed by atoms with Gasteiger partial charge in [-0.2, -0.15) is 0 Å². The molecule has 1 amide bonds. The number of hydrogen-bond acceptors (Lipinski definition) is 2. The van der Waals surface area contributed by atoms with Gasteiger partial charge >= 0.3 is 0 Å². The van der Waals surface area contributed by atoms with Crippen LogP contribution in [0.5, 0.6) is 0 Å². The molecular weight excluding hydrogens is 190 g/mol. The molecule has 1 atom stereocenters. The van der Waals surface area contributed by atoms with Crippen LogP contribution in [0.15, 0.2) is 30.3 Å². The van der Waals surface area contributed by atoms with E-state index in [1.807, 2.05) is 30.3 Å². The smallest absolute Gasteiger partial charge is 0.251 e. The van der Waals surface area contributed by atoms with Crippen molar-refractivity contribution >= 4 is 5.91 Å². The highest BCUT2D eigenvalue weighted by Crippen LogP contribution is 2.14. The van der Waals surface area contributed by atoms with E-state index in [4.69, 9.17) is 0 Å². The number of aliphatic hydroxyl groups is 1. The second-order valence-electron chi connectivity index (χ2n) is 3.90. The second-order valence-corrected chi connectivity index (χ2v) is 3.90. The monoisotopic (exact) mass is 205 g/mol. The van der Waals surface area contributed by atoms with Gasteiger partial charge in [-0.15, -0.1) is 0 Å². The minimum absolute atomic E-state index is 0.134. The number of piperidine rings is 1. The Labute approximate surface area is 89.3 Å². The highest BCUT2D eigenvalue weighted by atomic mass is 16.3. The van der Waals surface area contributed by atoms with Crippen molar-refractivity contribution < 1.29 is 9.90 Å². The van der Waals surface area contributed by atoms with Crippen molar-refractivity contribution in [1.29, 1.82) is 0 Å². The fourth-order valence-corrected chi connectivity index (χ4v) is 1.88. The molecule has 1 aromatic carbocycles. The van der Waals surface area contributed by atoms with Gasteiger partial charge in [0, 0.05) is 13.1 Å². The number of amides is 1. The summed E-state index contributed by atoms with van der Waals surface area (Å²) >= 11 is 0. The first-order chi connectivity index (χ1) is 7.27. The first-order valence-corrected chi connectivity index (χ1v) is 5.28. The minimum atomic E-state index is -0.789. The van der Waals surface area contributed by atoms with Gasteiger partial charge in [-0.25, -0.2) is 0 Å². The van der Waals surface area contributed by atoms with E-state index in [0.717, 1.165) is 18.5 Å². The highest BCUT2D eigenvalue weighted by molar-refractivity contribution is 5.81. The molecule has 2 rings (SSSR count). The summed E-state index contributed by atoms with van der Waals surface area (Å²) in [6.07, 6.45) is 0.701. The van der Waals surface area contributed by atoms with Crippen molar-refractivity contribution in [2.45, 2.75) is 25.5 Å². The van der Waals surface area contributed by atoms with Crippen LogP contribution in [0.4, 0.5) is 0 Å². The van der Waals surface area contributed by atoms with E-state index in [2.05, 4.69) is 0 Å². The molecule has 1 N–H and O–H groups in total. The lowest BCUT2D eigenvalue weighted by atomic mass is 10.1. The molecule has 0 saturated carbocycles. The summed E-state index contributed by atoms with van der Waals surface area (Å²) in [6.45, 7) is 1.36. The molecule has 1 aliphatic rings. The Kier molecular flexibility index (Phi) is 3.02. The second kappa shape index (κ2) is 4.45. The third-order valence-corrected chi connectivity index (χ3v) is 2.72. The number of aliphatic hydroxyl groups excluding tert-OH is 1. The zero-order chi connectivity index (χ0) is 10.7. The van der Waals surface area contributed by atoms with Crippen molar-refractivity contribution in [2.75, 3.05) is 6.54 Å². The molecule has 0 unspecified atom stereocenters. The van der Waals surface area contributed by atoms with Crippen molar-refractivity contribution in [3.8, 4) is 0 Å². The Morgan fingerprint density at radius 3 is 2.80 bits per heavy atom. The molecule has 1 aromatic rings. The summed E-state index contributed by atoms with van der Waals surface area (Å²) in [5, 5.41) is 9.43. The van der Waals surface area contributed by atoms with Gasteiger partial charge in [0.05, 0.1) is 0 Å². The predicted octanol–water partition coefficient (Wildman–Crippen LogP) is 1.17. The van der Waals surface area contributed by atoms with E-state index in [-0.39, 0.29) is 5.91 Å². The van der Waals surface area contributed by atoms with Gasteiger partial charge in [0.25, 0.3) is 5.91 Å². The van der Waals surface area contributed by atoms with E-state index >= 15 is 0 Å². The van der Waals surface area contributed by atoms with Crippen LogP contribution < -0.4 is 0 Å². The van der Waals surface area contributed by atoms with Crippen molar-refractivity contribution in [1.82, 2.24) is 4.90 Å². The summed E-state index contributed by atoms with van der Waals surface area (Å²) in [5.74, 6) is -0.134. The van der Waals surface area contributed by atoms with Crippen molar-refractivity contribution in [3.05, 3.63) is 35.9 Å². The van der Waals surface area contributed by atoms with Gasteiger partial charge in [0.1, 0.15) is 6.10 Å². The Morgan fingerprint density at radius 2 is 2.07 bits per heavy atom. The van der Waals surface area contributed by atoms with E-state index in [1.165, 1.54) is 0 Å². The molecule has 3 nitrogen and oxygen atoms in total. The summed E-state index contributed by atoms with van der Waals surface area (Å²) in [4.78, 5) is 13.3. The van der Waals surface area contributed by atoms with Crippen LogP contribution in [0, 0.1) is 0 Å². The van der Waals surface area contributed by atoms with Crippen LogP contribution >= 0.6 is 0 Å². The van der Waals surface area contributed by atoms with E-state index < -0.39 is 6.10 Å². The Morgan fingerprint density at radius 1 is 1.33 bits per heavy atom. The van der Waals surface area contributed by atoms with Gasteiger partial charge in [-0.1, -0.05) is 30.3 Å². The molecule has 80 valence electrons. The molecule has 0 radical (unpaired) electrons. The zero-order valence-corrected chi connectivity index (χ0v) is 8.60. The lowest BCUT2D eigenvalue weighted by Gasteiger charge is -2.29. The summed E-state index contributed by atoms with van der Waals surface area (Å²) in [7, 11) is 0. The predicted molar refractivity (Wildman–Crippen MR) is 57.1 cm³/mol. The quantitative estimate of drug-likeness (QED) is 0.787. The average molecular weight is 205 g/mol. The molecule has 0 bridgehead atoms. The molecule has 1 heterocycles. The largest absolute Gasteiger partial charge is 0.383 e. The van der Waals surface area contributed by atoms with E-state index in [1.54, 1.807) is 4.90 Å². The van der Waals surface area contributed by atoms with Crippen molar-refractivity contribution in [2.24, 2.45) is 0 Å². The molecule has 15 heavy (non-hydrogen) atoms. The number of benzene rings is 1. The number of likely N-dealkylation sites (tertiary alicyclic amines) is 1. The number of rotatable bonds is 2. The SMILES string of the molecule is O=C1[C@@H](O)CCCN1Cc1ccccc1. The molecule has 0 aliphatic carbocycles. The Bertz CT molecular complexity index is 337. The summed E-state index contributed by atoms with van der Waals surface area (Å²) < 4.78 is 0. The number of carbonyl (C=O) groups is 1. The van der Waals surface area contributed by atoms with Crippen LogP contribution in [0.3, 0.4) is 0 Å². The van der Waals surface area contributed by atoms with Gasteiger partial charge in [0.2, 0.25) is 0 Å². The normalized spacial score (nSPS) is 21.8. The molecular formula is C12H15NO2. The molecule has 1 fully saturated rings. The maximum Gasteiger partial charge on any atom is 0.251 e. The van der Waals surface area contributed by atoms with Crippen molar-refractivity contribution in [3.63, 3.8) is 0 Å². The van der Waals surface area contributed by atoms with Gasteiger partial charge in [-0.3, -0.25) is 4.79 Å². The van der Waals surface area contributed by atoms with Crippen LogP contribution in [0.25, 0.3) is 0 Å². The fraction of sp³-hybridized carbons (Fsp3) is 0.417. The Hall–Kier alpha value is -1.35. The molecule has 0 aromatic heterocycles. The minimum Gasteiger partial charge on any atom is -0.383 e. The molecule has 0 spiro atoms. The van der Waals surface area contributed by atoms with Gasteiger partial charge in [-0.05, 0) is 18.4 Å². The van der Waals surface area contributed by atoms with Crippen LogP contribution in [-0.2, 0) is 11.3 Å². The Balaban J connectivity index is 2.03. The standard InChI is InChI=1S/C12H15NO2/c14-11-7-4-8-13(12(11)15)9-10-5-2-1-3-6-10/h1-3,5-6,11,14H,4,7-9H2/t11-/m0/s1. The number of hydrogen-bond donors (Lipinski definition) is 1. The van der Waals surface area contributed by atoms with E-state index in [9.17, 15) is 9.90 Å². The van der Waals surface area contributed by atoms with E-state index in [0.29, 0.717) is 13.0 Å². The third kappa shape index (κ3) is 2.36. The lowest BCUT2D eigenvalue weighted by molar-refractivity contribution is -0.144. The molecule has 3 heteroatoms. The fourth-order valence-electron chi connectivity index (χ4n) is 1.88. The summed E-state index contributed by atoms with van der Waals surface area (Å²) in [6, 6.07) is 9.86. The number of carbonyl (C=O) groups excluding carboxylic acids is 1. The zero-order valence-electron chi connectivity index (χ0n) is 8.60. The third-order valence-electron chi connectivity index (χ3n) is 2.72. The van der Waals surface area contributed by atoms with Crippen LogP contribution in [-0.4, -0.2) is 28.6 Å². The first-order valence-electron chi connectivity index (χ1n) is 5.28. The van der Waals surface area contributed by atoms with Crippen LogP contribution in [0.1, 0.15) is 18.4 Å². The molecule has 1 saturated heterocycles. The maximum absolute atomic E-state index is 11.6. The van der Waals surface area contributed by atoms with Gasteiger partial charge in [0.15, 0.2) is 0 Å². The topological polar surface area (TPSA) is 40.5 Å². The first kappa shape index (κ1) is 10.2. The lowest BCUT2D eigenvalue weighted by Crippen LogP contribution is -2.43. The van der Waals surface area contributed by atoms with Crippen LogP contribution in [0.2, 0.25) is 0 Å². The number of nitrogens with zero attached hydrogens (tertiary/aromatic N) is 1.